The van der Waals surface area contributed by atoms with Crippen molar-refractivity contribution in [3.05, 3.63) is 0 Å². The van der Waals surface area contributed by atoms with E-state index in [1.165, 1.54) is 58.0 Å². The molecule has 0 radical (unpaired) electrons. The van der Waals surface area contributed by atoms with Gasteiger partial charge in [0.25, 0.3) is 0 Å². The van der Waals surface area contributed by atoms with Crippen molar-refractivity contribution in [2.24, 2.45) is 0 Å². The van der Waals surface area contributed by atoms with Gasteiger partial charge >= 0.3 is 0 Å². The van der Waals surface area contributed by atoms with Crippen LogP contribution in [0.2, 0.25) is 0 Å². The van der Waals surface area contributed by atoms with Crippen molar-refractivity contribution in [3.8, 4) is 0 Å². The van der Waals surface area contributed by atoms with Gasteiger partial charge in [0.1, 0.15) is 0 Å². The third-order valence-electron chi connectivity index (χ3n) is 3.56. The van der Waals surface area contributed by atoms with Gasteiger partial charge in [0.15, 0.2) is 0 Å². The highest BCUT2D eigenvalue weighted by Crippen LogP contribution is 2.21. The maximum Gasteiger partial charge on any atom is 0.00922 e. The van der Waals surface area contributed by atoms with Crippen molar-refractivity contribution in [1.29, 1.82) is 0 Å². The maximum absolute atomic E-state index is 2.59. The monoisotopic (exact) mass is 212 g/mol. The molecule has 0 N–H and O–H groups in total. The van der Waals surface area contributed by atoms with Crippen molar-refractivity contribution in [3.63, 3.8) is 0 Å². The summed E-state index contributed by atoms with van der Waals surface area (Å²) in [5, 5.41) is 0. The van der Waals surface area contributed by atoms with Gasteiger partial charge in [-0.05, 0) is 59.9 Å². The van der Waals surface area contributed by atoms with E-state index in [9.17, 15) is 0 Å². The van der Waals surface area contributed by atoms with Crippen LogP contribution >= 0.6 is 0 Å². The second kappa shape index (κ2) is 7.24. The summed E-state index contributed by atoms with van der Waals surface area (Å²) in [4.78, 5) is 4.87. The van der Waals surface area contributed by atoms with E-state index < -0.39 is 0 Å². The minimum atomic E-state index is 0.887. The molecule has 0 saturated heterocycles. The minimum absolute atomic E-state index is 0.887. The largest absolute Gasteiger partial charge is 0.309 e. The fraction of sp³-hybridized carbons (Fsp3) is 1.00. The lowest BCUT2D eigenvalue weighted by molar-refractivity contribution is 0.187. The summed E-state index contributed by atoms with van der Waals surface area (Å²) in [6.07, 6.45) is 9.92. The summed E-state index contributed by atoms with van der Waals surface area (Å²) in [5.74, 6) is 0. The lowest BCUT2D eigenvalue weighted by atomic mass is 9.94. The van der Waals surface area contributed by atoms with Crippen LogP contribution in [0.1, 0.15) is 44.9 Å². The molecule has 0 aliphatic heterocycles. The number of hydrogen-bond acceptors (Lipinski definition) is 2. The second-order valence-electron chi connectivity index (χ2n) is 5.28. The molecule has 0 aromatic heterocycles. The Labute approximate surface area is 95.6 Å². The van der Waals surface area contributed by atoms with Gasteiger partial charge < -0.3 is 9.80 Å². The van der Waals surface area contributed by atoms with Gasteiger partial charge in [-0.15, -0.1) is 0 Å². The number of nitrogens with zero attached hydrogens (tertiary/aromatic N) is 2. The molecule has 0 aromatic rings. The summed E-state index contributed by atoms with van der Waals surface area (Å²) in [5.41, 5.74) is 0. The number of unbranched alkanes of at least 4 members (excludes halogenated alkanes) is 1. The molecule has 2 nitrogen and oxygen atoms in total. The molecule has 1 rings (SSSR count). The van der Waals surface area contributed by atoms with Crippen LogP contribution in [0.3, 0.4) is 0 Å². The first-order valence-electron chi connectivity index (χ1n) is 6.55. The molecule has 1 aliphatic rings. The average molecular weight is 212 g/mol. The van der Waals surface area contributed by atoms with Crippen LogP contribution in [-0.4, -0.2) is 50.1 Å². The van der Waals surface area contributed by atoms with E-state index in [1.54, 1.807) is 0 Å². The maximum atomic E-state index is 2.59. The SMILES string of the molecule is CN(C)CCCCN(C)C1CCCCC1. The van der Waals surface area contributed by atoms with Gasteiger partial charge in [0.2, 0.25) is 0 Å². The minimum Gasteiger partial charge on any atom is -0.309 e. The molecule has 0 unspecified atom stereocenters. The summed E-state index contributed by atoms with van der Waals surface area (Å²) < 4.78 is 0. The van der Waals surface area contributed by atoms with Gasteiger partial charge in [0, 0.05) is 6.04 Å². The van der Waals surface area contributed by atoms with Crippen LogP contribution in [0.25, 0.3) is 0 Å². The lowest BCUT2D eigenvalue weighted by Gasteiger charge is -2.31. The van der Waals surface area contributed by atoms with Gasteiger partial charge in [-0.3, -0.25) is 0 Å². The molecule has 0 bridgehead atoms. The van der Waals surface area contributed by atoms with E-state index in [4.69, 9.17) is 0 Å². The first kappa shape index (κ1) is 13.0. The molecule has 15 heavy (non-hydrogen) atoms. The van der Waals surface area contributed by atoms with Crippen LogP contribution in [0.5, 0.6) is 0 Å². The predicted molar refractivity (Wildman–Crippen MR) is 67.3 cm³/mol. The third-order valence-corrected chi connectivity index (χ3v) is 3.56. The third kappa shape index (κ3) is 5.53. The molecular weight excluding hydrogens is 184 g/mol. The van der Waals surface area contributed by atoms with Crippen LogP contribution < -0.4 is 0 Å². The summed E-state index contributed by atoms with van der Waals surface area (Å²) >= 11 is 0. The van der Waals surface area contributed by atoms with Crippen LogP contribution in [0, 0.1) is 0 Å². The van der Waals surface area contributed by atoms with E-state index in [-0.39, 0.29) is 0 Å². The summed E-state index contributed by atoms with van der Waals surface area (Å²) in [6.45, 7) is 2.52. The van der Waals surface area contributed by atoms with Crippen molar-refractivity contribution in [1.82, 2.24) is 9.80 Å². The van der Waals surface area contributed by atoms with E-state index in [0.717, 1.165) is 6.04 Å². The number of rotatable bonds is 6. The predicted octanol–water partition coefficient (Wildman–Crippen LogP) is 2.59. The Morgan fingerprint density at radius 3 is 2.07 bits per heavy atom. The Morgan fingerprint density at radius 2 is 1.47 bits per heavy atom. The highest BCUT2D eigenvalue weighted by molar-refractivity contribution is 4.73. The lowest BCUT2D eigenvalue weighted by Crippen LogP contribution is -2.34. The zero-order chi connectivity index (χ0) is 11.1. The Morgan fingerprint density at radius 1 is 0.867 bits per heavy atom. The van der Waals surface area contributed by atoms with E-state index >= 15 is 0 Å². The fourth-order valence-electron chi connectivity index (χ4n) is 2.49. The van der Waals surface area contributed by atoms with Crippen molar-refractivity contribution < 1.29 is 0 Å². The zero-order valence-corrected chi connectivity index (χ0v) is 10.8. The molecule has 1 fully saturated rings. The molecule has 2 heteroatoms. The van der Waals surface area contributed by atoms with Crippen LogP contribution in [-0.2, 0) is 0 Å². The Hall–Kier alpha value is -0.0800. The average Bonchev–Trinajstić information content (AvgIpc) is 2.25. The van der Waals surface area contributed by atoms with Crippen molar-refractivity contribution >= 4 is 0 Å². The molecule has 0 amide bonds. The Kier molecular flexibility index (Phi) is 6.26. The smallest absolute Gasteiger partial charge is 0.00922 e. The highest BCUT2D eigenvalue weighted by Gasteiger charge is 2.16. The van der Waals surface area contributed by atoms with Crippen molar-refractivity contribution in [2.75, 3.05) is 34.2 Å². The fourth-order valence-corrected chi connectivity index (χ4v) is 2.49. The first-order chi connectivity index (χ1) is 7.20. The van der Waals surface area contributed by atoms with Crippen LogP contribution in [0.15, 0.2) is 0 Å². The normalized spacial score (nSPS) is 19.0. The molecule has 1 aliphatic carbocycles. The molecule has 0 spiro atoms. The van der Waals surface area contributed by atoms with Crippen molar-refractivity contribution in [2.45, 2.75) is 51.0 Å². The van der Waals surface area contributed by atoms with Gasteiger partial charge in [-0.2, -0.15) is 0 Å². The molecular formula is C13H28N2. The Balaban J connectivity index is 2.04. The van der Waals surface area contributed by atoms with Crippen LogP contribution in [0.4, 0.5) is 0 Å². The molecule has 0 atom stereocenters. The van der Waals surface area contributed by atoms with E-state index in [0.29, 0.717) is 0 Å². The quantitative estimate of drug-likeness (QED) is 0.624. The molecule has 1 saturated carbocycles. The number of hydrogen-bond donors (Lipinski definition) is 0. The standard InChI is InChI=1S/C13H28N2/c1-14(2)11-7-8-12-15(3)13-9-5-4-6-10-13/h13H,4-12H2,1-3H3. The zero-order valence-electron chi connectivity index (χ0n) is 10.8. The molecule has 0 aromatic carbocycles. The second-order valence-corrected chi connectivity index (χ2v) is 5.28. The van der Waals surface area contributed by atoms with Gasteiger partial charge in [-0.1, -0.05) is 19.3 Å². The first-order valence-corrected chi connectivity index (χ1v) is 6.55. The molecule has 0 heterocycles. The van der Waals surface area contributed by atoms with E-state index in [1.807, 2.05) is 0 Å². The summed E-state index contributed by atoms with van der Waals surface area (Å²) in [7, 11) is 6.63. The van der Waals surface area contributed by atoms with E-state index in [2.05, 4.69) is 30.9 Å². The highest BCUT2D eigenvalue weighted by atomic mass is 15.1. The van der Waals surface area contributed by atoms with Gasteiger partial charge in [-0.25, -0.2) is 0 Å². The van der Waals surface area contributed by atoms with Gasteiger partial charge in [0.05, 0.1) is 0 Å². The summed E-state index contributed by atoms with van der Waals surface area (Å²) in [6, 6.07) is 0.887. The molecule has 90 valence electrons. The Bertz CT molecular complexity index is 151. The topological polar surface area (TPSA) is 6.48 Å².